The van der Waals surface area contributed by atoms with Gasteiger partial charge in [-0.3, -0.25) is 14.4 Å². The minimum absolute atomic E-state index is 0.0300. The highest BCUT2D eigenvalue weighted by atomic mass is 16.3. The molecular weight excluding hydrogens is 382 g/mol. The number of aryl methyl sites for hydroxylation is 1. The first-order valence-electron chi connectivity index (χ1n) is 10.0. The van der Waals surface area contributed by atoms with Gasteiger partial charge in [0, 0.05) is 24.2 Å². The second-order valence-electron chi connectivity index (χ2n) is 7.52. The van der Waals surface area contributed by atoms with Crippen molar-refractivity contribution in [2.24, 2.45) is 5.92 Å². The van der Waals surface area contributed by atoms with Crippen LogP contribution in [0, 0.1) is 12.8 Å². The van der Waals surface area contributed by atoms with Gasteiger partial charge in [0.15, 0.2) is 0 Å². The van der Waals surface area contributed by atoms with Crippen LogP contribution in [-0.2, 0) is 4.79 Å². The molecule has 0 bridgehead atoms. The van der Waals surface area contributed by atoms with E-state index in [1.165, 1.54) is 12.1 Å². The van der Waals surface area contributed by atoms with Gasteiger partial charge < -0.3 is 21.1 Å². The van der Waals surface area contributed by atoms with Crippen LogP contribution >= 0.6 is 0 Å². The second kappa shape index (κ2) is 11.0. The lowest BCUT2D eigenvalue weighted by molar-refractivity contribution is -0.123. The zero-order valence-corrected chi connectivity index (χ0v) is 17.6. The smallest absolute Gasteiger partial charge is 0.251 e. The standard InChI is InChI=1S/C23H29N3O4/c1-15(2)20(26-22(29)17-8-4-7-16(3)13-17)23(30)25-12-6-11-24-21(28)18-9-5-10-19(27)14-18/h4-5,7-10,13-15,20,27H,6,11-12H2,1-3H3,(H,24,28)(H,25,30)(H,26,29). The van der Waals surface area contributed by atoms with Crippen molar-refractivity contribution in [3.8, 4) is 5.75 Å². The number of benzene rings is 2. The fourth-order valence-corrected chi connectivity index (χ4v) is 2.91. The number of amides is 3. The number of carbonyl (C=O) groups is 3. The van der Waals surface area contributed by atoms with Crippen molar-refractivity contribution in [3.05, 3.63) is 65.2 Å². The summed E-state index contributed by atoms with van der Waals surface area (Å²) in [4.78, 5) is 37.0. The summed E-state index contributed by atoms with van der Waals surface area (Å²) in [6, 6.07) is 12.6. The zero-order valence-electron chi connectivity index (χ0n) is 17.6. The molecule has 7 heteroatoms. The Bertz CT molecular complexity index is 896. The highest BCUT2D eigenvalue weighted by molar-refractivity contribution is 5.97. The van der Waals surface area contributed by atoms with Crippen LogP contribution in [0.25, 0.3) is 0 Å². The third kappa shape index (κ3) is 6.92. The summed E-state index contributed by atoms with van der Waals surface area (Å²) in [6.07, 6.45) is 0.535. The average Bonchev–Trinajstić information content (AvgIpc) is 2.71. The normalized spacial score (nSPS) is 11.6. The molecule has 160 valence electrons. The van der Waals surface area contributed by atoms with Crippen LogP contribution in [0.5, 0.6) is 5.75 Å². The average molecular weight is 412 g/mol. The molecule has 0 radical (unpaired) electrons. The maximum Gasteiger partial charge on any atom is 0.251 e. The lowest BCUT2D eigenvalue weighted by atomic mass is 10.0. The molecule has 2 aromatic rings. The van der Waals surface area contributed by atoms with Gasteiger partial charge >= 0.3 is 0 Å². The summed E-state index contributed by atoms with van der Waals surface area (Å²) in [7, 11) is 0. The predicted molar refractivity (Wildman–Crippen MR) is 115 cm³/mol. The van der Waals surface area contributed by atoms with Crippen molar-refractivity contribution in [1.82, 2.24) is 16.0 Å². The number of hydrogen-bond acceptors (Lipinski definition) is 4. The van der Waals surface area contributed by atoms with E-state index in [9.17, 15) is 19.5 Å². The van der Waals surface area contributed by atoms with E-state index in [0.29, 0.717) is 30.6 Å². The molecule has 7 nitrogen and oxygen atoms in total. The molecule has 4 N–H and O–H groups in total. The Hall–Kier alpha value is -3.35. The number of hydrogen-bond donors (Lipinski definition) is 4. The van der Waals surface area contributed by atoms with Crippen LogP contribution in [0.4, 0.5) is 0 Å². The Balaban J connectivity index is 1.78. The topological polar surface area (TPSA) is 108 Å². The molecule has 0 aliphatic rings. The summed E-state index contributed by atoms with van der Waals surface area (Å²) in [5, 5.41) is 17.8. The van der Waals surface area contributed by atoms with Crippen LogP contribution in [0.15, 0.2) is 48.5 Å². The lowest BCUT2D eigenvalue weighted by Gasteiger charge is -2.22. The first-order chi connectivity index (χ1) is 14.3. The number of phenols is 1. The van der Waals surface area contributed by atoms with Gasteiger partial charge in [0.25, 0.3) is 11.8 Å². The van der Waals surface area contributed by atoms with E-state index in [-0.39, 0.29) is 29.4 Å². The first-order valence-corrected chi connectivity index (χ1v) is 10.0. The van der Waals surface area contributed by atoms with Crippen LogP contribution < -0.4 is 16.0 Å². The van der Waals surface area contributed by atoms with Gasteiger partial charge in [-0.25, -0.2) is 0 Å². The fourth-order valence-electron chi connectivity index (χ4n) is 2.91. The molecule has 2 aromatic carbocycles. The summed E-state index contributed by atoms with van der Waals surface area (Å²) >= 11 is 0. The quantitative estimate of drug-likeness (QED) is 0.475. The van der Waals surface area contributed by atoms with Gasteiger partial charge in [0.05, 0.1) is 0 Å². The van der Waals surface area contributed by atoms with Crippen molar-refractivity contribution >= 4 is 17.7 Å². The molecule has 0 saturated carbocycles. The fraction of sp³-hybridized carbons (Fsp3) is 0.348. The molecule has 0 aromatic heterocycles. The highest BCUT2D eigenvalue weighted by Gasteiger charge is 2.24. The Labute approximate surface area is 176 Å². The first kappa shape index (κ1) is 22.9. The molecule has 1 atom stereocenters. The number of carbonyl (C=O) groups excluding carboxylic acids is 3. The van der Waals surface area contributed by atoms with Gasteiger partial charge in [0.2, 0.25) is 5.91 Å². The Morgan fingerprint density at radius 3 is 2.17 bits per heavy atom. The van der Waals surface area contributed by atoms with Crippen molar-refractivity contribution in [3.63, 3.8) is 0 Å². The minimum atomic E-state index is -0.653. The molecule has 0 saturated heterocycles. The van der Waals surface area contributed by atoms with Crippen LogP contribution in [-0.4, -0.2) is 42.0 Å². The highest BCUT2D eigenvalue weighted by Crippen LogP contribution is 2.10. The van der Waals surface area contributed by atoms with Gasteiger partial charge in [0.1, 0.15) is 11.8 Å². The van der Waals surface area contributed by atoms with Crippen molar-refractivity contribution in [2.75, 3.05) is 13.1 Å². The zero-order chi connectivity index (χ0) is 22.1. The monoisotopic (exact) mass is 411 g/mol. The maximum atomic E-state index is 12.5. The maximum absolute atomic E-state index is 12.5. The largest absolute Gasteiger partial charge is 0.508 e. The van der Waals surface area contributed by atoms with E-state index in [4.69, 9.17) is 0 Å². The van der Waals surface area contributed by atoms with Crippen molar-refractivity contribution < 1.29 is 19.5 Å². The SMILES string of the molecule is Cc1cccc(C(=O)NC(C(=O)NCCCNC(=O)c2cccc(O)c2)C(C)C)c1. The number of phenolic OH excluding ortho intramolecular Hbond substituents is 1. The number of rotatable bonds is 9. The molecule has 1 unspecified atom stereocenters. The van der Waals surface area contributed by atoms with Crippen molar-refractivity contribution in [2.45, 2.75) is 33.2 Å². The number of nitrogens with one attached hydrogen (secondary N) is 3. The molecule has 0 aliphatic heterocycles. The van der Waals surface area contributed by atoms with E-state index in [1.807, 2.05) is 26.8 Å². The Morgan fingerprint density at radius 1 is 0.900 bits per heavy atom. The Kier molecular flexibility index (Phi) is 8.41. The molecule has 0 spiro atoms. The summed E-state index contributed by atoms with van der Waals surface area (Å²) in [5.74, 6) is -0.884. The molecule has 0 fully saturated rings. The Morgan fingerprint density at radius 2 is 1.53 bits per heavy atom. The number of aromatic hydroxyl groups is 1. The molecular formula is C23H29N3O4. The van der Waals surface area contributed by atoms with Gasteiger partial charge in [-0.2, -0.15) is 0 Å². The van der Waals surface area contributed by atoms with Crippen LogP contribution in [0.2, 0.25) is 0 Å². The molecule has 0 heterocycles. The molecule has 3 amide bonds. The van der Waals surface area contributed by atoms with E-state index in [1.54, 1.807) is 30.3 Å². The van der Waals surface area contributed by atoms with Gasteiger partial charge in [-0.05, 0) is 49.6 Å². The molecule has 0 aliphatic carbocycles. The summed E-state index contributed by atoms with van der Waals surface area (Å²) < 4.78 is 0. The third-order valence-corrected chi connectivity index (χ3v) is 4.56. The van der Waals surface area contributed by atoms with E-state index in [2.05, 4.69) is 16.0 Å². The lowest BCUT2D eigenvalue weighted by Crippen LogP contribution is -2.50. The van der Waals surface area contributed by atoms with E-state index in [0.717, 1.165) is 5.56 Å². The van der Waals surface area contributed by atoms with Crippen LogP contribution in [0.3, 0.4) is 0 Å². The van der Waals surface area contributed by atoms with E-state index >= 15 is 0 Å². The molecule has 2 rings (SSSR count). The van der Waals surface area contributed by atoms with Crippen molar-refractivity contribution in [1.29, 1.82) is 0 Å². The summed E-state index contributed by atoms with van der Waals surface area (Å²) in [6.45, 7) is 6.38. The summed E-state index contributed by atoms with van der Waals surface area (Å²) in [5.41, 5.74) is 1.86. The van der Waals surface area contributed by atoms with Gasteiger partial charge in [-0.15, -0.1) is 0 Å². The van der Waals surface area contributed by atoms with Crippen LogP contribution in [0.1, 0.15) is 46.5 Å². The molecule has 30 heavy (non-hydrogen) atoms. The minimum Gasteiger partial charge on any atom is -0.508 e. The predicted octanol–water partition coefficient (Wildman–Crippen LogP) is 2.39. The third-order valence-electron chi connectivity index (χ3n) is 4.56. The van der Waals surface area contributed by atoms with E-state index < -0.39 is 6.04 Å². The second-order valence-corrected chi connectivity index (χ2v) is 7.52. The van der Waals surface area contributed by atoms with Gasteiger partial charge in [-0.1, -0.05) is 37.6 Å².